The van der Waals surface area contributed by atoms with E-state index in [-0.39, 0.29) is 6.54 Å². The van der Waals surface area contributed by atoms with Crippen LogP contribution in [0.4, 0.5) is 5.69 Å². The third-order valence-electron chi connectivity index (χ3n) is 4.14. The second-order valence-electron chi connectivity index (χ2n) is 6.20. The summed E-state index contributed by atoms with van der Waals surface area (Å²) in [5.74, 6) is 0.221. The largest absolute Gasteiger partial charge is 0.496 e. The van der Waals surface area contributed by atoms with Gasteiger partial charge in [0, 0.05) is 17.1 Å². The van der Waals surface area contributed by atoms with Crippen LogP contribution in [0.1, 0.15) is 18.1 Å². The average Bonchev–Trinajstić information content (AvgIpc) is 2.61. The van der Waals surface area contributed by atoms with Gasteiger partial charge in [-0.05, 0) is 37.6 Å². The predicted octanol–water partition coefficient (Wildman–Crippen LogP) is 3.13. The van der Waals surface area contributed by atoms with Crippen LogP contribution < -0.4 is 14.4 Å². The van der Waals surface area contributed by atoms with Gasteiger partial charge in [0.25, 0.3) is 0 Å². The van der Waals surface area contributed by atoms with E-state index < -0.39 is 22.0 Å². The molecular formula is C19H23ClN2O4S. The molecule has 1 unspecified atom stereocenters. The van der Waals surface area contributed by atoms with Crippen molar-refractivity contribution in [2.75, 3.05) is 17.7 Å². The molecule has 0 aliphatic heterocycles. The number of anilines is 1. The van der Waals surface area contributed by atoms with E-state index in [1.807, 2.05) is 25.1 Å². The van der Waals surface area contributed by atoms with Gasteiger partial charge in [-0.15, -0.1) is 0 Å². The lowest BCUT2D eigenvalue weighted by Gasteiger charge is -2.28. The highest BCUT2D eigenvalue weighted by atomic mass is 35.5. The van der Waals surface area contributed by atoms with Crippen molar-refractivity contribution in [3.8, 4) is 5.75 Å². The number of nitrogens with one attached hydrogen (secondary N) is 1. The molecule has 1 N–H and O–H groups in total. The molecule has 0 fully saturated rings. The summed E-state index contributed by atoms with van der Waals surface area (Å²) in [6.07, 6.45) is 1.06. The molecular weight excluding hydrogens is 388 g/mol. The first-order chi connectivity index (χ1) is 12.6. The first-order valence-electron chi connectivity index (χ1n) is 8.30. The van der Waals surface area contributed by atoms with Crippen molar-refractivity contribution < 1.29 is 17.9 Å². The highest BCUT2D eigenvalue weighted by Crippen LogP contribution is 2.27. The summed E-state index contributed by atoms with van der Waals surface area (Å²) in [7, 11) is -2.15. The third kappa shape index (κ3) is 5.14. The number of ether oxygens (including phenoxy) is 1. The van der Waals surface area contributed by atoms with Gasteiger partial charge < -0.3 is 10.1 Å². The maximum atomic E-state index is 12.6. The van der Waals surface area contributed by atoms with E-state index in [2.05, 4.69) is 5.32 Å². The van der Waals surface area contributed by atoms with Crippen molar-refractivity contribution in [2.45, 2.75) is 26.4 Å². The van der Waals surface area contributed by atoms with E-state index in [1.54, 1.807) is 31.4 Å². The van der Waals surface area contributed by atoms with Crippen LogP contribution in [0.5, 0.6) is 5.75 Å². The molecule has 0 aromatic heterocycles. The average molecular weight is 411 g/mol. The van der Waals surface area contributed by atoms with Gasteiger partial charge in [-0.25, -0.2) is 8.42 Å². The first-order valence-corrected chi connectivity index (χ1v) is 10.5. The fourth-order valence-electron chi connectivity index (χ4n) is 2.71. The normalized spacial score (nSPS) is 12.3. The van der Waals surface area contributed by atoms with Gasteiger partial charge in [0.15, 0.2) is 0 Å². The fourth-order valence-corrected chi connectivity index (χ4v) is 4.05. The Balaban J connectivity index is 2.23. The number of halogens is 1. The topological polar surface area (TPSA) is 75.7 Å². The molecule has 0 saturated carbocycles. The number of sulfonamides is 1. The number of hydrogen-bond donors (Lipinski definition) is 1. The smallest absolute Gasteiger partial charge is 0.243 e. The predicted molar refractivity (Wildman–Crippen MR) is 108 cm³/mol. The summed E-state index contributed by atoms with van der Waals surface area (Å²) in [5.41, 5.74) is 1.96. The Morgan fingerprint density at radius 3 is 2.52 bits per heavy atom. The van der Waals surface area contributed by atoms with Crippen molar-refractivity contribution in [3.63, 3.8) is 0 Å². The van der Waals surface area contributed by atoms with Gasteiger partial charge in [-0.2, -0.15) is 0 Å². The van der Waals surface area contributed by atoms with Gasteiger partial charge in [-0.3, -0.25) is 9.10 Å². The lowest BCUT2D eigenvalue weighted by Crippen LogP contribution is -2.47. The summed E-state index contributed by atoms with van der Waals surface area (Å²) in [6, 6.07) is 11.2. The number of para-hydroxylation sites is 1. The van der Waals surface area contributed by atoms with Crippen molar-refractivity contribution in [2.24, 2.45) is 0 Å². The van der Waals surface area contributed by atoms with Crippen LogP contribution in [0.15, 0.2) is 42.5 Å². The van der Waals surface area contributed by atoms with Crippen LogP contribution in [0.25, 0.3) is 0 Å². The minimum atomic E-state index is -3.70. The number of amides is 1. The molecule has 27 heavy (non-hydrogen) atoms. The molecule has 1 atom stereocenters. The standard InChI is InChI=1S/C19H23ClN2O4S/c1-13-9-10-16(11-17(13)20)22(27(4,24)25)14(2)19(23)21-12-15-7-5-6-8-18(15)26-3/h5-11,14H,12H2,1-4H3,(H,21,23). The zero-order valence-corrected chi connectivity index (χ0v) is 17.3. The molecule has 2 aromatic rings. The minimum absolute atomic E-state index is 0.222. The number of rotatable bonds is 7. The molecule has 2 rings (SSSR count). The number of carbonyl (C=O) groups excluding carboxylic acids is 1. The number of aryl methyl sites for hydroxylation is 1. The summed E-state index contributed by atoms with van der Waals surface area (Å²) in [6.45, 7) is 3.58. The highest BCUT2D eigenvalue weighted by Gasteiger charge is 2.29. The number of carbonyl (C=O) groups is 1. The van der Waals surface area contributed by atoms with Gasteiger partial charge in [-0.1, -0.05) is 35.9 Å². The number of methoxy groups -OCH3 is 1. The van der Waals surface area contributed by atoms with E-state index in [1.165, 1.54) is 6.92 Å². The Labute approximate surface area is 165 Å². The Hall–Kier alpha value is -2.25. The van der Waals surface area contributed by atoms with Crippen LogP contribution in [-0.4, -0.2) is 33.7 Å². The number of nitrogens with zero attached hydrogens (tertiary/aromatic N) is 1. The Morgan fingerprint density at radius 1 is 1.26 bits per heavy atom. The highest BCUT2D eigenvalue weighted by molar-refractivity contribution is 7.92. The van der Waals surface area contributed by atoms with E-state index in [9.17, 15) is 13.2 Å². The van der Waals surface area contributed by atoms with Crippen molar-refractivity contribution in [3.05, 3.63) is 58.6 Å². The Morgan fingerprint density at radius 2 is 1.93 bits per heavy atom. The van der Waals surface area contributed by atoms with Gasteiger partial charge in [0.1, 0.15) is 11.8 Å². The molecule has 146 valence electrons. The van der Waals surface area contributed by atoms with Crippen molar-refractivity contribution >= 4 is 33.2 Å². The van der Waals surface area contributed by atoms with Crippen LogP contribution in [0.2, 0.25) is 5.02 Å². The summed E-state index contributed by atoms with van der Waals surface area (Å²) >= 11 is 6.13. The van der Waals surface area contributed by atoms with E-state index in [4.69, 9.17) is 16.3 Å². The second kappa shape index (κ2) is 8.63. The van der Waals surface area contributed by atoms with Crippen LogP contribution in [-0.2, 0) is 21.4 Å². The Kier molecular flexibility index (Phi) is 6.73. The van der Waals surface area contributed by atoms with Crippen LogP contribution >= 0.6 is 11.6 Å². The van der Waals surface area contributed by atoms with Crippen LogP contribution in [0, 0.1) is 6.92 Å². The molecule has 6 nitrogen and oxygen atoms in total. The number of hydrogen-bond acceptors (Lipinski definition) is 4. The molecule has 0 aliphatic rings. The summed E-state index contributed by atoms with van der Waals surface area (Å²) < 4.78 is 31.0. The van der Waals surface area contributed by atoms with Crippen molar-refractivity contribution in [1.29, 1.82) is 0 Å². The third-order valence-corrected chi connectivity index (χ3v) is 5.79. The van der Waals surface area contributed by atoms with Gasteiger partial charge in [0.05, 0.1) is 19.1 Å². The fraction of sp³-hybridized carbons (Fsp3) is 0.316. The quantitative estimate of drug-likeness (QED) is 0.760. The summed E-state index contributed by atoms with van der Waals surface area (Å²) in [5, 5.41) is 3.20. The molecule has 1 amide bonds. The van der Waals surface area contributed by atoms with Gasteiger partial charge >= 0.3 is 0 Å². The van der Waals surface area contributed by atoms with E-state index in [0.29, 0.717) is 16.5 Å². The molecule has 8 heteroatoms. The van der Waals surface area contributed by atoms with Crippen molar-refractivity contribution in [1.82, 2.24) is 5.32 Å². The Bertz CT molecular complexity index is 931. The lowest BCUT2D eigenvalue weighted by molar-refractivity contribution is -0.122. The van der Waals surface area contributed by atoms with Crippen LogP contribution in [0.3, 0.4) is 0 Å². The molecule has 0 spiro atoms. The molecule has 0 saturated heterocycles. The minimum Gasteiger partial charge on any atom is -0.496 e. The SMILES string of the molecule is COc1ccccc1CNC(=O)C(C)N(c1ccc(C)c(Cl)c1)S(C)(=O)=O. The molecule has 0 heterocycles. The number of benzene rings is 2. The lowest BCUT2D eigenvalue weighted by atomic mass is 10.2. The molecule has 0 aliphatic carbocycles. The second-order valence-corrected chi connectivity index (χ2v) is 8.46. The first kappa shape index (κ1) is 21.1. The molecule has 0 radical (unpaired) electrons. The summed E-state index contributed by atoms with van der Waals surface area (Å²) in [4.78, 5) is 12.6. The zero-order valence-electron chi connectivity index (χ0n) is 15.7. The monoisotopic (exact) mass is 410 g/mol. The van der Waals surface area contributed by atoms with E-state index in [0.717, 1.165) is 21.7 Å². The maximum absolute atomic E-state index is 12.6. The van der Waals surface area contributed by atoms with E-state index >= 15 is 0 Å². The molecule has 2 aromatic carbocycles. The molecule has 0 bridgehead atoms. The van der Waals surface area contributed by atoms with Gasteiger partial charge in [0.2, 0.25) is 15.9 Å². The zero-order chi connectivity index (χ0) is 20.2. The maximum Gasteiger partial charge on any atom is 0.243 e.